The van der Waals surface area contributed by atoms with Crippen LogP contribution in [0, 0.1) is 5.92 Å². The van der Waals surface area contributed by atoms with E-state index in [-0.39, 0.29) is 6.10 Å². The normalized spacial score (nSPS) is 26.5. The molecule has 2 rings (SSSR count). The quantitative estimate of drug-likeness (QED) is 0.931. The van der Waals surface area contributed by atoms with Gasteiger partial charge in [-0.05, 0) is 47.5 Å². The summed E-state index contributed by atoms with van der Waals surface area (Å²) >= 11 is 4.82. The number of hydrogen-bond donors (Lipinski definition) is 1. The number of ether oxygens (including phenoxy) is 1. The molecule has 0 aliphatic heterocycles. The van der Waals surface area contributed by atoms with E-state index in [1.807, 2.05) is 5.38 Å². The molecule has 15 heavy (non-hydrogen) atoms. The molecule has 0 aromatic carbocycles. The second-order valence-electron chi connectivity index (χ2n) is 3.88. The number of hydrogen-bond acceptors (Lipinski definition) is 4. The minimum absolute atomic E-state index is 0.283. The Morgan fingerprint density at radius 3 is 2.73 bits per heavy atom. The molecular weight excluding hydrogens is 278 g/mol. The van der Waals surface area contributed by atoms with Crippen molar-refractivity contribution in [3.05, 3.63) is 9.98 Å². The molecule has 1 N–H and O–H groups in total. The highest BCUT2D eigenvalue weighted by molar-refractivity contribution is 9.10. The van der Waals surface area contributed by atoms with Crippen molar-refractivity contribution in [1.29, 1.82) is 0 Å². The summed E-state index contributed by atoms with van der Waals surface area (Å²) in [4.78, 5) is 4.21. The van der Waals surface area contributed by atoms with Crippen molar-refractivity contribution in [2.75, 3.05) is 6.61 Å². The second-order valence-corrected chi connectivity index (χ2v) is 5.51. The molecule has 1 heterocycles. The Labute approximate surface area is 102 Å². The molecular formula is C10H14BrNO2S. The Morgan fingerprint density at radius 1 is 1.47 bits per heavy atom. The molecule has 84 valence electrons. The maximum atomic E-state index is 9.01. The first-order chi connectivity index (χ1) is 7.28. The van der Waals surface area contributed by atoms with Crippen LogP contribution in [0.3, 0.4) is 0 Å². The largest absolute Gasteiger partial charge is 0.467 e. The predicted molar refractivity (Wildman–Crippen MR) is 63.3 cm³/mol. The summed E-state index contributed by atoms with van der Waals surface area (Å²) < 4.78 is 6.60. The molecule has 1 aromatic heterocycles. The highest BCUT2D eigenvalue weighted by Gasteiger charge is 2.22. The van der Waals surface area contributed by atoms with Crippen LogP contribution in [0.4, 0.5) is 0 Å². The zero-order valence-corrected chi connectivity index (χ0v) is 10.8. The van der Waals surface area contributed by atoms with Crippen LogP contribution in [-0.4, -0.2) is 22.8 Å². The van der Waals surface area contributed by atoms with Crippen LogP contribution in [0.5, 0.6) is 5.19 Å². The second kappa shape index (κ2) is 5.27. The summed E-state index contributed by atoms with van der Waals surface area (Å²) in [5, 5.41) is 11.7. The van der Waals surface area contributed by atoms with Crippen molar-refractivity contribution >= 4 is 27.3 Å². The lowest BCUT2D eigenvalue weighted by Crippen LogP contribution is -2.25. The summed E-state index contributed by atoms with van der Waals surface area (Å²) in [6, 6.07) is 0. The van der Waals surface area contributed by atoms with Crippen LogP contribution in [-0.2, 0) is 0 Å². The van der Waals surface area contributed by atoms with Gasteiger partial charge in [-0.15, -0.1) is 0 Å². The van der Waals surface area contributed by atoms with E-state index in [0.717, 1.165) is 35.5 Å². The number of nitrogens with zero attached hydrogens (tertiary/aromatic N) is 1. The lowest BCUT2D eigenvalue weighted by Gasteiger charge is -2.26. The third-order valence-electron chi connectivity index (χ3n) is 2.77. The van der Waals surface area contributed by atoms with E-state index in [0.29, 0.717) is 12.5 Å². The average molecular weight is 292 g/mol. The SMILES string of the molecule is OCC1CCC(Oc2nc(Br)cs2)CC1. The number of aliphatic hydroxyl groups excluding tert-OH is 1. The van der Waals surface area contributed by atoms with Crippen LogP contribution < -0.4 is 4.74 Å². The van der Waals surface area contributed by atoms with Crippen LogP contribution in [0.15, 0.2) is 9.98 Å². The van der Waals surface area contributed by atoms with Gasteiger partial charge < -0.3 is 9.84 Å². The van der Waals surface area contributed by atoms with Gasteiger partial charge in [-0.1, -0.05) is 11.3 Å². The standard InChI is InChI=1S/C10H14BrNO2S/c11-9-6-15-10(12-9)14-8-3-1-7(5-13)2-4-8/h6-8,13H,1-5H2. The zero-order valence-electron chi connectivity index (χ0n) is 8.36. The molecule has 0 atom stereocenters. The number of aromatic nitrogens is 1. The van der Waals surface area contributed by atoms with Gasteiger partial charge in [0.25, 0.3) is 5.19 Å². The van der Waals surface area contributed by atoms with Crippen molar-refractivity contribution in [2.24, 2.45) is 5.92 Å². The van der Waals surface area contributed by atoms with Crippen molar-refractivity contribution in [3.8, 4) is 5.19 Å². The topological polar surface area (TPSA) is 42.4 Å². The highest BCUT2D eigenvalue weighted by atomic mass is 79.9. The van der Waals surface area contributed by atoms with Gasteiger partial charge in [0.05, 0.1) is 0 Å². The third-order valence-corrected chi connectivity index (χ3v) is 4.21. The van der Waals surface area contributed by atoms with Crippen molar-refractivity contribution in [3.63, 3.8) is 0 Å². The maximum Gasteiger partial charge on any atom is 0.274 e. The molecule has 1 fully saturated rings. The summed E-state index contributed by atoms with van der Waals surface area (Å²) in [6.45, 7) is 0.315. The van der Waals surface area contributed by atoms with Gasteiger partial charge in [0, 0.05) is 12.0 Å². The van der Waals surface area contributed by atoms with E-state index in [9.17, 15) is 0 Å². The fourth-order valence-corrected chi connectivity index (χ4v) is 3.02. The molecule has 0 amide bonds. The summed E-state index contributed by atoms with van der Waals surface area (Å²) in [5.74, 6) is 0.480. The van der Waals surface area contributed by atoms with Gasteiger partial charge in [-0.2, -0.15) is 4.98 Å². The van der Waals surface area contributed by atoms with Crippen LogP contribution >= 0.6 is 27.3 Å². The molecule has 1 aliphatic rings. The summed E-state index contributed by atoms with van der Waals surface area (Å²) in [6.07, 6.45) is 4.47. The lowest BCUT2D eigenvalue weighted by atomic mass is 9.88. The van der Waals surface area contributed by atoms with E-state index in [2.05, 4.69) is 20.9 Å². The summed E-state index contributed by atoms with van der Waals surface area (Å²) in [7, 11) is 0. The molecule has 0 unspecified atom stereocenters. The van der Waals surface area contributed by atoms with E-state index >= 15 is 0 Å². The van der Waals surface area contributed by atoms with E-state index in [1.54, 1.807) is 0 Å². The Morgan fingerprint density at radius 2 is 2.20 bits per heavy atom. The summed E-state index contributed by atoms with van der Waals surface area (Å²) in [5.41, 5.74) is 0. The molecule has 3 nitrogen and oxygen atoms in total. The van der Waals surface area contributed by atoms with Crippen LogP contribution in [0.1, 0.15) is 25.7 Å². The van der Waals surface area contributed by atoms with E-state index in [1.165, 1.54) is 11.3 Å². The number of aliphatic hydroxyl groups is 1. The maximum absolute atomic E-state index is 9.01. The molecule has 0 bridgehead atoms. The van der Waals surface area contributed by atoms with Gasteiger partial charge >= 0.3 is 0 Å². The van der Waals surface area contributed by atoms with Crippen molar-refractivity contribution < 1.29 is 9.84 Å². The number of rotatable bonds is 3. The molecule has 1 aromatic rings. The Hall–Kier alpha value is -0.130. The van der Waals surface area contributed by atoms with Gasteiger partial charge in [-0.25, -0.2) is 0 Å². The Kier molecular flexibility index (Phi) is 3.99. The molecule has 0 spiro atoms. The van der Waals surface area contributed by atoms with Gasteiger partial charge in [-0.3, -0.25) is 0 Å². The Bertz CT molecular complexity index is 310. The monoisotopic (exact) mass is 291 g/mol. The van der Waals surface area contributed by atoms with Gasteiger partial charge in [0.1, 0.15) is 10.7 Å². The van der Waals surface area contributed by atoms with E-state index in [4.69, 9.17) is 9.84 Å². The van der Waals surface area contributed by atoms with Gasteiger partial charge in [0.15, 0.2) is 0 Å². The fourth-order valence-electron chi connectivity index (χ4n) is 1.87. The molecule has 0 saturated heterocycles. The smallest absolute Gasteiger partial charge is 0.274 e. The van der Waals surface area contributed by atoms with Crippen LogP contribution in [0.2, 0.25) is 0 Å². The van der Waals surface area contributed by atoms with Crippen molar-refractivity contribution in [1.82, 2.24) is 4.98 Å². The lowest BCUT2D eigenvalue weighted by molar-refractivity contribution is 0.104. The number of halogens is 1. The molecule has 1 saturated carbocycles. The van der Waals surface area contributed by atoms with E-state index < -0.39 is 0 Å². The first-order valence-electron chi connectivity index (χ1n) is 5.16. The first-order valence-corrected chi connectivity index (χ1v) is 6.83. The van der Waals surface area contributed by atoms with Gasteiger partial charge in [0.2, 0.25) is 0 Å². The average Bonchev–Trinajstić information content (AvgIpc) is 2.65. The minimum atomic E-state index is 0.283. The first kappa shape index (κ1) is 11.4. The molecule has 1 aliphatic carbocycles. The number of thiazole rings is 1. The predicted octanol–water partition coefficient (Wildman–Crippen LogP) is 2.84. The Balaban J connectivity index is 1.82. The fraction of sp³-hybridized carbons (Fsp3) is 0.700. The minimum Gasteiger partial charge on any atom is -0.467 e. The highest BCUT2D eigenvalue weighted by Crippen LogP contribution is 2.29. The molecule has 5 heteroatoms. The van der Waals surface area contributed by atoms with Crippen molar-refractivity contribution in [2.45, 2.75) is 31.8 Å². The third kappa shape index (κ3) is 3.16. The zero-order chi connectivity index (χ0) is 10.7. The molecule has 0 radical (unpaired) electrons. The van der Waals surface area contributed by atoms with Crippen LogP contribution in [0.25, 0.3) is 0 Å².